The van der Waals surface area contributed by atoms with E-state index in [1.54, 1.807) is 19.9 Å². The summed E-state index contributed by atoms with van der Waals surface area (Å²) in [5, 5.41) is 27.8. The molecule has 102 valence electrons. The van der Waals surface area contributed by atoms with Gasteiger partial charge in [0.15, 0.2) is 5.41 Å². The van der Waals surface area contributed by atoms with Gasteiger partial charge >= 0.3 is 11.9 Å². The number of aliphatic carboxylic acids is 2. The number of rotatable bonds is 7. The predicted molar refractivity (Wildman–Crippen MR) is 65.7 cm³/mol. The highest BCUT2D eigenvalue weighted by molar-refractivity contribution is 5.86. The van der Waals surface area contributed by atoms with E-state index < -0.39 is 23.3 Å². The number of nitrogens with zero attached hydrogens (tertiary/aromatic N) is 1. The van der Waals surface area contributed by atoms with Crippen molar-refractivity contribution in [3.63, 3.8) is 0 Å². The zero-order valence-electron chi connectivity index (χ0n) is 11.3. The molecule has 0 heterocycles. The molecule has 0 aliphatic rings. The maximum absolute atomic E-state index is 11.4. The maximum atomic E-state index is 11.4. The fourth-order valence-electron chi connectivity index (χ4n) is 2.18. The second-order valence-corrected chi connectivity index (χ2v) is 5.51. The third kappa shape index (κ3) is 3.73. The molecule has 18 heavy (non-hydrogen) atoms. The van der Waals surface area contributed by atoms with Gasteiger partial charge in [0.1, 0.15) is 0 Å². The van der Waals surface area contributed by atoms with E-state index in [4.69, 9.17) is 0 Å². The Kier molecular flexibility index (Phi) is 5.83. The van der Waals surface area contributed by atoms with E-state index in [-0.39, 0.29) is 24.7 Å². The van der Waals surface area contributed by atoms with Gasteiger partial charge in [0.25, 0.3) is 0 Å². The van der Waals surface area contributed by atoms with Gasteiger partial charge in [-0.2, -0.15) is 5.26 Å². The standard InChI is InChI=1S/C13H21NO4/c1-8(2)5-10(11(15)16)13(7-14,12(17)18)6-9(3)4/h8-10H,5-6H2,1-4H3,(H,15,16)(H,17,18). The van der Waals surface area contributed by atoms with Crippen LogP contribution >= 0.6 is 0 Å². The van der Waals surface area contributed by atoms with Crippen LogP contribution < -0.4 is 0 Å². The molecule has 2 N–H and O–H groups in total. The van der Waals surface area contributed by atoms with Gasteiger partial charge in [0.05, 0.1) is 12.0 Å². The molecule has 0 aromatic rings. The summed E-state index contributed by atoms with van der Waals surface area (Å²) in [5.74, 6) is -3.78. The maximum Gasteiger partial charge on any atom is 0.324 e. The molecule has 0 bridgehead atoms. The Morgan fingerprint density at radius 2 is 1.67 bits per heavy atom. The average Bonchev–Trinajstić information content (AvgIpc) is 2.21. The van der Waals surface area contributed by atoms with Crippen molar-refractivity contribution in [3.8, 4) is 6.07 Å². The van der Waals surface area contributed by atoms with E-state index in [0.29, 0.717) is 0 Å². The fraction of sp³-hybridized carbons (Fsp3) is 0.769. The van der Waals surface area contributed by atoms with Gasteiger partial charge in [0, 0.05) is 0 Å². The highest BCUT2D eigenvalue weighted by Gasteiger charge is 2.50. The number of carboxylic acid groups (broad SMARTS) is 2. The number of hydrogen-bond donors (Lipinski definition) is 2. The Labute approximate surface area is 107 Å². The second-order valence-electron chi connectivity index (χ2n) is 5.51. The molecule has 0 aliphatic carbocycles. The summed E-state index contributed by atoms with van der Waals surface area (Å²) in [4.78, 5) is 22.7. The van der Waals surface area contributed by atoms with E-state index in [2.05, 4.69) is 0 Å². The lowest BCUT2D eigenvalue weighted by atomic mass is 9.68. The molecular weight excluding hydrogens is 234 g/mol. The third-order valence-corrected chi connectivity index (χ3v) is 2.91. The van der Waals surface area contributed by atoms with Crippen molar-refractivity contribution >= 4 is 11.9 Å². The Morgan fingerprint density at radius 3 is 1.89 bits per heavy atom. The minimum atomic E-state index is -1.84. The summed E-state index contributed by atoms with van der Waals surface area (Å²) in [6.45, 7) is 7.19. The van der Waals surface area contributed by atoms with Crippen molar-refractivity contribution in [1.82, 2.24) is 0 Å². The van der Waals surface area contributed by atoms with Crippen molar-refractivity contribution in [3.05, 3.63) is 0 Å². The Balaban J connectivity index is 5.56. The van der Waals surface area contributed by atoms with E-state index in [1.165, 1.54) is 0 Å². The molecule has 0 aliphatic heterocycles. The summed E-state index contributed by atoms with van der Waals surface area (Å²) < 4.78 is 0. The van der Waals surface area contributed by atoms with Crippen LogP contribution in [0, 0.1) is 34.5 Å². The molecule has 0 fully saturated rings. The number of nitriles is 1. The highest BCUT2D eigenvalue weighted by Crippen LogP contribution is 2.38. The summed E-state index contributed by atoms with van der Waals surface area (Å²) >= 11 is 0. The SMILES string of the molecule is CC(C)CC(C(=O)O)C(C#N)(CC(C)C)C(=O)O. The van der Waals surface area contributed by atoms with E-state index in [1.807, 2.05) is 13.8 Å². The van der Waals surface area contributed by atoms with Gasteiger partial charge in [0.2, 0.25) is 0 Å². The van der Waals surface area contributed by atoms with Gasteiger partial charge in [-0.3, -0.25) is 9.59 Å². The average molecular weight is 255 g/mol. The van der Waals surface area contributed by atoms with Gasteiger partial charge in [-0.05, 0) is 24.7 Å². The molecular formula is C13H21NO4. The van der Waals surface area contributed by atoms with Crippen LogP contribution in [0.4, 0.5) is 0 Å². The molecule has 0 aromatic heterocycles. The quantitative estimate of drug-likeness (QED) is 0.727. The second kappa shape index (κ2) is 6.39. The molecule has 0 radical (unpaired) electrons. The van der Waals surface area contributed by atoms with Crippen molar-refractivity contribution in [2.75, 3.05) is 0 Å². The van der Waals surface area contributed by atoms with Gasteiger partial charge in [-0.15, -0.1) is 0 Å². The molecule has 2 atom stereocenters. The number of carbonyl (C=O) groups is 2. The van der Waals surface area contributed by atoms with Crippen LogP contribution in [-0.2, 0) is 9.59 Å². The smallest absolute Gasteiger partial charge is 0.324 e. The van der Waals surface area contributed by atoms with Crippen LogP contribution in [0.2, 0.25) is 0 Å². The molecule has 0 amide bonds. The lowest BCUT2D eigenvalue weighted by Crippen LogP contribution is -2.43. The van der Waals surface area contributed by atoms with E-state index in [9.17, 15) is 25.1 Å². The van der Waals surface area contributed by atoms with Crippen LogP contribution in [-0.4, -0.2) is 22.2 Å². The zero-order chi connectivity index (χ0) is 14.5. The molecule has 0 spiro atoms. The van der Waals surface area contributed by atoms with Gasteiger partial charge in [-0.1, -0.05) is 27.7 Å². The number of carboxylic acids is 2. The van der Waals surface area contributed by atoms with Crippen molar-refractivity contribution in [2.24, 2.45) is 23.2 Å². The van der Waals surface area contributed by atoms with Gasteiger partial charge < -0.3 is 10.2 Å². The first kappa shape index (κ1) is 16.4. The Morgan fingerprint density at radius 1 is 1.17 bits per heavy atom. The van der Waals surface area contributed by atoms with Crippen LogP contribution in [0.5, 0.6) is 0 Å². The topological polar surface area (TPSA) is 98.4 Å². The van der Waals surface area contributed by atoms with Gasteiger partial charge in [-0.25, -0.2) is 0 Å². The molecule has 0 aromatic carbocycles. The molecule has 0 saturated heterocycles. The largest absolute Gasteiger partial charge is 0.481 e. The number of hydrogen-bond acceptors (Lipinski definition) is 3. The minimum absolute atomic E-state index is 0.0188. The molecule has 5 nitrogen and oxygen atoms in total. The summed E-state index contributed by atoms with van der Waals surface area (Å²) in [6.07, 6.45) is 0.227. The summed E-state index contributed by atoms with van der Waals surface area (Å²) in [5.41, 5.74) is -1.84. The van der Waals surface area contributed by atoms with Crippen molar-refractivity contribution in [1.29, 1.82) is 5.26 Å². The monoisotopic (exact) mass is 255 g/mol. The minimum Gasteiger partial charge on any atom is -0.481 e. The van der Waals surface area contributed by atoms with Crippen LogP contribution in [0.1, 0.15) is 40.5 Å². The van der Waals surface area contributed by atoms with Crippen LogP contribution in [0.25, 0.3) is 0 Å². The van der Waals surface area contributed by atoms with E-state index >= 15 is 0 Å². The van der Waals surface area contributed by atoms with Crippen molar-refractivity contribution in [2.45, 2.75) is 40.5 Å². The highest BCUT2D eigenvalue weighted by atomic mass is 16.4. The molecule has 5 heteroatoms. The summed E-state index contributed by atoms with van der Waals surface area (Å²) in [7, 11) is 0. The predicted octanol–water partition coefficient (Wildman–Crippen LogP) is 2.37. The first-order valence-corrected chi connectivity index (χ1v) is 6.04. The normalized spacial score (nSPS) is 16.1. The first-order chi connectivity index (χ1) is 8.17. The van der Waals surface area contributed by atoms with Crippen LogP contribution in [0.15, 0.2) is 0 Å². The summed E-state index contributed by atoms with van der Waals surface area (Å²) in [6, 6.07) is 1.75. The molecule has 2 unspecified atom stereocenters. The Hall–Kier alpha value is -1.57. The zero-order valence-corrected chi connectivity index (χ0v) is 11.3. The van der Waals surface area contributed by atoms with E-state index in [0.717, 1.165) is 0 Å². The lowest BCUT2D eigenvalue weighted by molar-refractivity contribution is -0.160. The lowest BCUT2D eigenvalue weighted by Gasteiger charge is -2.30. The first-order valence-electron chi connectivity index (χ1n) is 6.04. The molecule has 0 saturated carbocycles. The van der Waals surface area contributed by atoms with Crippen molar-refractivity contribution < 1.29 is 19.8 Å². The third-order valence-electron chi connectivity index (χ3n) is 2.91. The Bertz CT molecular complexity index is 356. The molecule has 0 rings (SSSR count). The fourth-order valence-corrected chi connectivity index (χ4v) is 2.18. The van der Waals surface area contributed by atoms with Crippen LogP contribution in [0.3, 0.4) is 0 Å².